The molecule has 0 aromatic heterocycles. The Hall–Kier alpha value is -1.50. The molecular weight excluding hydrogens is 351 g/mol. The molecule has 2 aromatic rings. The van der Waals surface area contributed by atoms with Gasteiger partial charge in [-0.25, -0.2) is 8.78 Å². The molecule has 0 atom stereocenters. The molecule has 0 aliphatic carbocycles. The van der Waals surface area contributed by atoms with Crippen molar-refractivity contribution in [1.29, 1.82) is 0 Å². The van der Waals surface area contributed by atoms with Crippen LogP contribution in [-0.4, -0.2) is 5.91 Å². The maximum absolute atomic E-state index is 13.0. The normalized spacial score (nSPS) is 10.2. The predicted octanol–water partition coefficient (Wildman–Crippen LogP) is 3.82. The van der Waals surface area contributed by atoms with Crippen molar-refractivity contribution in [3.05, 3.63) is 63.2 Å². The quantitative estimate of drug-likeness (QED) is 0.812. The molecular formula is C13H8F2INO. The maximum atomic E-state index is 13.0. The Labute approximate surface area is 116 Å². The van der Waals surface area contributed by atoms with Gasteiger partial charge in [0, 0.05) is 15.3 Å². The number of hydrogen-bond donors (Lipinski definition) is 1. The van der Waals surface area contributed by atoms with Gasteiger partial charge in [-0.3, -0.25) is 4.79 Å². The molecule has 1 amide bonds. The van der Waals surface area contributed by atoms with E-state index in [0.717, 1.165) is 21.8 Å². The van der Waals surface area contributed by atoms with Gasteiger partial charge in [0.05, 0.1) is 5.56 Å². The number of benzene rings is 2. The molecule has 0 heterocycles. The highest BCUT2D eigenvalue weighted by Gasteiger charge is 2.10. The number of nitrogens with one attached hydrogen (secondary N) is 1. The van der Waals surface area contributed by atoms with Crippen molar-refractivity contribution in [2.75, 3.05) is 5.32 Å². The van der Waals surface area contributed by atoms with Crippen LogP contribution in [0, 0.1) is 15.2 Å². The zero-order valence-corrected chi connectivity index (χ0v) is 11.2. The summed E-state index contributed by atoms with van der Waals surface area (Å²) in [4.78, 5) is 11.9. The Bertz CT molecular complexity index is 581. The van der Waals surface area contributed by atoms with E-state index in [0.29, 0.717) is 5.56 Å². The number of carbonyl (C=O) groups is 1. The second kappa shape index (κ2) is 5.43. The molecule has 0 aliphatic rings. The lowest BCUT2D eigenvalue weighted by Crippen LogP contribution is -2.13. The van der Waals surface area contributed by atoms with Crippen LogP contribution in [0.2, 0.25) is 0 Å². The molecule has 0 radical (unpaired) electrons. The third kappa shape index (κ3) is 3.04. The molecule has 0 bridgehead atoms. The molecule has 0 fully saturated rings. The summed E-state index contributed by atoms with van der Waals surface area (Å²) in [5.74, 6) is -1.86. The fraction of sp³-hybridized carbons (Fsp3) is 0. The van der Waals surface area contributed by atoms with Crippen molar-refractivity contribution in [1.82, 2.24) is 0 Å². The first-order chi connectivity index (χ1) is 8.56. The minimum Gasteiger partial charge on any atom is -0.322 e. The standard InChI is InChI=1S/C13H8F2INO/c14-8-5-9(15)7-10(6-8)17-13(18)11-3-1-2-4-12(11)16/h1-7H,(H,17,18). The van der Waals surface area contributed by atoms with E-state index in [1.165, 1.54) is 0 Å². The molecule has 0 unspecified atom stereocenters. The van der Waals surface area contributed by atoms with E-state index in [4.69, 9.17) is 0 Å². The lowest BCUT2D eigenvalue weighted by molar-refractivity contribution is 0.102. The minimum atomic E-state index is -0.729. The fourth-order valence-electron chi connectivity index (χ4n) is 1.47. The molecule has 2 nitrogen and oxygen atoms in total. The Balaban J connectivity index is 2.24. The summed E-state index contributed by atoms with van der Waals surface area (Å²) >= 11 is 2.02. The van der Waals surface area contributed by atoms with Crippen molar-refractivity contribution >= 4 is 34.2 Å². The van der Waals surface area contributed by atoms with Crippen LogP contribution in [-0.2, 0) is 0 Å². The lowest BCUT2D eigenvalue weighted by Gasteiger charge is -2.07. The average molecular weight is 359 g/mol. The topological polar surface area (TPSA) is 29.1 Å². The molecule has 0 aliphatic heterocycles. The van der Waals surface area contributed by atoms with Crippen LogP contribution in [0.5, 0.6) is 0 Å². The number of hydrogen-bond acceptors (Lipinski definition) is 1. The van der Waals surface area contributed by atoms with Gasteiger partial charge in [0.2, 0.25) is 0 Å². The summed E-state index contributed by atoms with van der Waals surface area (Å²) in [6.07, 6.45) is 0. The molecule has 2 rings (SSSR count). The minimum absolute atomic E-state index is 0.0946. The first-order valence-corrected chi connectivity index (χ1v) is 6.16. The number of rotatable bonds is 2. The molecule has 0 saturated heterocycles. The van der Waals surface area contributed by atoms with Gasteiger partial charge < -0.3 is 5.32 Å². The van der Waals surface area contributed by atoms with Crippen LogP contribution in [0.25, 0.3) is 0 Å². The first kappa shape index (κ1) is 12.9. The van der Waals surface area contributed by atoms with Gasteiger partial charge in [-0.2, -0.15) is 0 Å². The lowest BCUT2D eigenvalue weighted by atomic mass is 10.2. The van der Waals surface area contributed by atoms with Crippen molar-refractivity contribution in [2.45, 2.75) is 0 Å². The smallest absolute Gasteiger partial charge is 0.256 e. The van der Waals surface area contributed by atoms with Gasteiger partial charge in [0.15, 0.2) is 0 Å². The molecule has 1 N–H and O–H groups in total. The van der Waals surface area contributed by atoms with Crippen molar-refractivity contribution in [2.24, 2.45) is 0 Å². The number of carbonyl (C=O) groups excluding carboxylic acids is 1. The van der Waals surface area contributed by atoms with E-state index in [-0.39, 0.29) is 5.69 Å². The second-order valence-corrected chi connectivity index (χ2v) is 4.75. The largest absolute Gasteiger partial charge is 0.322 e. The second-order valence-electron chi connectivity index (χ2n) is 3.59. The SMILES string of the molecule is O=C(Nc1cc(F)cc(F)c1)c1ccccc1I. The monoisotopic (exact) mass is 359 g/mol. The third-order valence-corrected chi connectivity index (χ3v) is 3.18. The predicted molar refractivity (Wildman–Crippen MR) is 73.5 cm³/mol. The average Bonchev–Trinajstić information content (AvgIpc) is 2.27. The van der Waals surface area contributed by atoms with Crippen molar-refractivity contribution in [3.63, 3.8) is 0 Å². The molecule has 92 valence electrons. The van der Waals surface area contributed by atoms with Gasteiger partial charge in [-0.15, -0.1) is 0 Å². The van der Waals surface area contributed by atoms with Crippen LogP contribution in [0.3, 0.4) is 0 Å². The summed E-state index contributed by atoms with van der Waals surface area (Å²) < 4.78 is 26.7. The van der Waals surface area contributed by atoms with Gasteiger partial charge in [0.25, 0.3) is 5.91 Å². The van der Waals surface area contributed by atoms with Crippen LogP contribution in [0.15, 0.2) is 42.5 Å². The molecule has 5 heteroatoms. The highest BCUT2D eigenvalue weighted by atomic mass is 127. The van der Waals surface area contributed by atoms with E-state index in [2.05, 4.69) is 5.32 Å². The van der Waals surface area contributed by atoms with Gasteiger partial charge >= 0.3 is 0 Å². The first-order valence-electron chi connectivity index (χ1n) is 5.08. The number of halogens is 3. The Morgan fingerprint density at radius 2 is 1.67 bits per heavy atom. The van der Waals surface area contributed by atoms with Crippen LogP contribution in [0.1, 0.15) is 10.4 Å². The van der Waals surface area contributed by atoms with Crippen LogP contribution >= 0.6 is 22.6 Å². The molecule has 2 aromatic carbocycles. The number of amides is 1. The van der Waals surface area contributed by atoms with Crippen LogP contribution in [0.4, 0.5) is 14.5 Å². The Morgan fingerprint density at radius 3 is 2.28 bits per heavy atom. The Kier molecular flexibility index (Phi) is 3.90. The van der Waals surface area contributed by atoms with E-state index in [1.807, 2.05) is 22.6 Å². The van der Waals surface area contributed by atoms with Gasteiger partial charge in [-0.05, 0) is 46.9 Å². The molecule has 0 spiro atoms. The zero-order valence-electron chi connectivity index (χ0n) is 9.08. The highest BCUT2D eigenvalue weighted by Crippen LogP contribution is 2.16. The van der Waals surface area contributed by atoms with E-state index in [1.54, 1.807) is 24.3 Å². The summed E-state index contributed by atoms with van der Waals surface area (Å²) in [7, 11) is 0. The fourth-order valence-corrected chi connectivity index (χ4v) is 2.10. The van der Waals surface area contributed by atoms with Gasteiger partial charge in [0.1, 0.15) is 11.6 Å². The summed E-state index contributed by atoms with van der Waals surface area (Å²) in [6, 6.07) is 9.84. The van der Waals surface area contributed by atoms with E-state index >= 15 is 0 Å². The van der Waals surface area contributed by atoms with E-state index in [9.17, 15) is 13.6 Å². The van der Waals surface area contributed by atoms with E-state index < -0.39 is 17.5 Å². The highest BCUT2D eigenvalue weighted by molar-refractivity contribution is 14.1. The van der Waals surface area contributed by atoms with Crippen molar-refractivity contribution < 1.29 is 13.6 Å². The summed E-state index contributed by atoms with van der Waals surface area (Å²) in [5, 5.41) is 2.46. The van der Waals surface area contributed by atoms with Crippen molar-refractivity contribution in [3.8, 4) is 0 Å². The Morgan fingerprint density at radius 1 is 1.06 bits per heavy atom. The zero-order chi connectivity index (χ0) is 13.1. The third-order valence-electron chi connectivity index (χ3n) is 2.24. The molecule has 0 saturated carbocycles. The van der Waals surface area contributed by atoms with Gasteiger partial charge in [-0.1, -0.05) is 12.1 Å². The molecule has 18 heavy (non-hydrogen) atoms. The summed E-state index contributed by atoms with van der Waals surface area (Å²) in [6.45, 7) is 0. The maximum Gasteiger partial charge on any atom is 0.256 e. The number of anilines is 1. The summed E-state index contributed by atoms with van der Waals surface area (Å²) in [5.41, 5.74) is 0.555. The van der Waals surface area contributed by atoms with Crippen LogP contribution < -0.4 is 5.32 Å².